The molecule has 1 heterocycles. The van der Waals surface area contributed by atoms with Gasteiger partial charge in [-0.05, 0) is 42.5 Å². The van der Waals surface area contributed by atoms with Crippen LogP contribution in [0.15, 0.2) is 50.9 Å². The van der Waals surface area contributed by atoms with Crippen molar-refractivity contribution < 1.29 is 9.21 Å². The third-order valence-corrected chi connectivity index (χ3v) is 4.82. The summed E-state index contributed by atoms with van der Waals surface area (Å²) in [6.45, 7) is 3.49. The molecule has 2 N–H and O–H groups in total. The number of amides is 1. The Hall–Kier alpha value is -1.68. The molecule has 0 aliphatic carbocycles. The van der Waals surface area contributed by atoms with Gasteiger partial charge in [0.2, 0.25) is 5.91 Å². The normalized spacial score (nSPS) is 10.9. The number of nitrogens with zero attached hydrogens (tertiary/aromatic N) is 2. The summed E-state index contributed by atoms with van der Waals surface area (Å²) in [6, 6.07) is 10.2. The van der Waals surface area contributed by atoms with Crippen LogP contribution in [0.1, 0.15) is 16.9 Å². The predicted molar refractivity (Wildman–Crippen MR) is 127 cm³/mol. The highest BCUT2D eigenvalue weighted by atomic mass is 127. The molecule has 0 saturated heterocycles. The highest BCUT2D eigenvalue weighted by molar-refractivity contribution is 14.0. The fraction of sp³-hybridized carbons (Fsp3) is 0.400. The van der Waals surface area contributed by atoms with E-state index in [4.69, 9.17) is 4.42 Å². The fourth-order valence-corrected chi connectivity index (χ4v) is 3.10. The number of carbonyl (C=O) groups excluding carboxylic acids is 1. The topological polar surface area (TPSA) is 69.9 Å². The van der Waals surface area contributed by atoms with Crippen molar-refractivity contribution in [3.63, 3.8) is 0 Å². The average molecular weight is 516 g/mol. The van der Waals surface area contributed by atoms with E-state index in [1.807, 2.05) is 12.1 Å². The van der Waals surface area contributed by atoms with Crippen LogP contribution >= 0.6 is 35.7 Å². The maximum atomic E-state index is 11.9. The molecule has 0 aliphatic heterocycles. The molecule has 8 heteroatoms. The molecule has 0 bridgehead atoms. The molecular weight excluding hydrogens is 487 g/mol. The summed E-state index contributed by atoms with van der Waals surface area (Å²) in [4.78, 5) is 19.3. The minimum absolute atomic E-state index is 0. The summed E-state index contributed by atoms with van der Waals surface area (Å²) in [5.74, 6) is 1.52. The predicted octanol–water partition coefficient (Wildman–Crippen LogP) is 3.29. The highest BCUT2D eigenvalue weighted by Crippen LogP contribution is 2.22. The van der Waals surface area contributed by atoms with E-state index < -0.39 is 0 Å². The summed E-state index contributed by atoms with van der Waals surface area (Å²) >= 11 is 1.72. The lowest BCUT2D eigenvalue weighted by atomic mass is 10.1. The van der Waals surface area contributed by atoms with Crippen molar-refractivity contribution in [1.29, 1.82) is 0 Å². The molecule has 0 aliphatic rings. The fourth-order valence-electron chi connectivity index (χ4n) is 2.40. The summed E-state index contributed by atoms with van der Waals surface area (Å²) in [5, 5.41) is 6.38. The van der Waals surface area contributed by atoms with Crippen LogP contribution in [0.3, 0.4) is 0 Å². The van der Waals surface area contributed by atoms with E-state index >= 15 is 0 Å². The van der Waals surface area contributed by atoms with Crippen LogP contribution in [0.5, 0.6) is 0 Å². The Bertz CT molecular complexity index is 764. The van der Waals surface area contributed by atoms with Crippen molar-refractivity contribution in [1.82, 2.24) is 15.5 Å². The Labute approximate surface area is 188 Å². The van der Waals surface area contributed by atoms with Gasteiger partial charge < -0.3 is 20.0 Å². The van der Waals surface area contributed by atoms with Gasteiger partial charge in [-0.25, -0.2) is 4.99 Å². The number of guanidine groups is 1. The molecule has 2 rings (SSSR count). The first-order chi connectivity index (χ1) is 13.0. The Morgan fingerprint density at radius 3 is 2.68 bits per heavy atom. The maximum Gasteiger partial charge on any atom is 0.241 e. The molecule has 0 atom stereocenters. The Morgan fingerprint density at radius 2 is 2.04 bits per heavy atom. The minimum Gasteiger partial charge on any atom is -0.469 e. The molecular formula is C20H29IN4O2S. The molecule has 154 valence electrons. The summed E-state index contributed by atoms with van der Waals surface area (Å²) < 4.78 is 5.35. The Balaban J connectivity index is 0.00000392. The molecule has 0 saturated carbocycles. The van der Waals surface area contributed by atoms with Crippen LogP contribution in [0.4, 0.5) is 0 Å². The van der Waals surface area contributed by atoms with Gasteiger partial charge in [-0.2, -0.15) is 0 Å². The monoisotopic (exact) mass is 516 g/mol. The van der Waals surface area contributed by atoms with Gasteiger partial charge in [0, 0.05) is 32.0 Å². The van der Waals surface area contributed by atoms with Crippen molar-refractivity contribution >= 4 is 47.6 Å². The first-order valence-electron chi connectivity index (χ1n) is 8.88. The molecule has 0 fully saturated rings. The number of furan rings is 1. The number of hydrogen-bond acceptors (Lipinski definition) is 4. The van der Waals surface area contributed by atoms with E-state index in [2.05, 4.69) is 47.0 Å². The van der Waals surface area contributed by atoms with E-state index in [1.54, 1.807) is 37.0 Å². The molecule has 28 heavy (non-hydrogen) atoms. The molecule has 0 radical (unpaired) electrons. The number of likely N-dealkylation sites (N-methyl/N-ethyl adjacent to an activating group) is 1. The average Bonchev–Trinajstić information content (AvgIpc) is 3.17. The van der Waals surface area contributed by atoms with Gasteiger partial charge in [0.1, 0.15) is 5.76 Å². The number of aliphatic imine (C=N–C) groups is 1. The number of nitrogens with one attached hydrogen (secondary N) is 2. The van der Waals surface area contributed by atoms with Gasteiger partial charge >= 0.3 is 0 Å². The number of carbonyl (C=O) groups is 1. The number of rotatable bonds is 8. The standard InChI is InChI=1S/C20H28N4O2S.HI/c1-15-7-8-16(18(12-15)27-4)13-22-20(23-14-19(25)24(2)3)21-10-9-17-6-5-11-26-17;/h5-8,11-12H,9-10,13-14H2,1-4H3,(H2,21,22,23);1H. The minimum atomic E-state index is -0.00401. The van der Waals surface area contributed by atoms with Crippen LogP contribution in [0.2, 0.25) is 0 Å². The van der Waals surface area contributed by atoms with Gasteiger partial charge in [0.05, 0.1) is 19.4 Å². The summed E-state index contributed by atoms with van der Waals surface area (Å²) in [6.07, 6.45) is 4.48. The number of aryl methyl sites for hydroxylation is 1. The lowest BCUT2D eigenvalue weighted by Gasteiger charge is -2.15. The van der Waals surface area contributed by atoms with Gasteiger partial charge in [-0.3, -0.25) is 4.79 Å². The maximum absolute atomic E-state index is 11.9. The Morgan fingerprint density at radius 1 is 1.25 bits per heavy atom. The SMILES string of the molecule is CSc1cc(C)ccc1CN=C(NCCc1ccco1)NCC(=O)N(C)C.I. The van der Waals surface area contributed by atoms with Gasteiger partial charge in [-0.1, -0.05) is 12.1 Å². The third-order valence-electron chi connectivity index (χ3n) is 4.00. The molecule has 0 spiro atoms. The highest BCUT2D eigenvalue weighted by Gasteiger charge is 2.07. The van der Waals surface area contributed by atoms with E-state index in [-0.39, 0.29) is 36.4 Å². The van der Waals surface area contributed by atoms with Crippen LogP contribution in [-0.4, -0.2) is 50.2 Å². The van der Waals surface area contributed by atoms with Gasteiger partial charge in [0.15, 0.2) is 5.96 Å². The molecule has 1 amide bonds. The van der Waals surface area contributed by atoms with Crippen molar-refractivity contribution in [2.24, 2.45) is 4.99 Å². The molecule has 1 aromatic carbocycles. The van der Waals surface area contributed by atoms with Crippen molar-refractivity contribution in [3.8, 4) is 0 Å². The van der Waals surface area contributed by atoms with E-state index in [1.165, 1.54) is 16.0 Å². The molecule has 0 unspecified atom stereocenters. The van der Waals surface area contributed by atoms with Crippen LogP contribution in [0.25, 0.3) is 0 Å². The van der Waals surface area contributed by atoms with Gasteiger partial charge in [-0.15, -0.1) is 35.7 Å². The number of halogens is 1. The lowest BCUT2D eigenvalue weighted by molar-refractivity contribution is -0.127. The second-order valence-electron chi connectivity index (χ2n) is 6.38. The zero-order valence-electron chi connectivity index (χ0n) is 16.8. The summed E-state index contributed by atoms with van der Waals surface area (Å²) in [7, 11) is 3.48. The van der Waals surface area contributed by atoms with Gasteiger partial charge in [0.25, 0.3) is 0 Å². The van der Waals surface area contributed by atoms with Crippen molar-refractivity contribution in [2.45, 2.75) is 24.8 Å². The molecule has 2 aromatic rings. The third kappa shape index (κ3) is 8.14. The van der Waals surface area contributed by atoms with Crippen LogP contribution in [-0.2, 0) is 17.8 Å². The zero-order chi connectivity index (χ0) is 19.6. The zero-order valence-corrected chi connectivity index (χ0v) is 20.0. The van der Waals surface area contributed by atoms with Crippen molar-refractivity contribution in [2.75, 3.05) is 33.4 Å². The largest absolute Gasteiger partial charge is 0.469 e. The first-order valence-corrected chi connectivity index (χ1v) is 10.1. The smallest absolute Gasteiger partial charge is 0.241 e. The number of hydrogen-bond donors (Lipinski definition) is 2. The molecule has 6 nitrogen and oxygen atoms in total. The van der Waals surface area contributed by atoms with Crippen molar-refractivity contribution in [3.05, 3.63) is 53.5 Å². The van der Waals surface area contributed by atoms with E-state index in [0.29, 0.717) is 19.0 Å². The summed E-state index contributed by atoms with van der Waals surface area (Å²) in [5.41, 5.74) is 2.40. The number of thioether (sulfide) groups is 1. The lowest BCUT2D eigenvalue weighted by Crippen LogP contribution is -2.43. The van der Waals surface area contributed by atoms with Crippen LogP contribution in [0, 0.1) is 6.92 Å². The van der Waals surface area contributed by atoms with Crippen LogP contribution < -0.4 is 10.6 Å². The second kappa shape index (κ2) is 12.7. The van der Waals surface area contributed by atoms with E-state index in [9.17, 15) is 4.79 Å². The second-order valence-corrected chi connectivity index (χ2v) is 7.23. The molecule has 1 aromatic heterocycles. The quantitative estimate of drug-likeness (QED) is 0.244. The number of benzene rings is 1. The first kappa shape index (κ1) is 24.4. The Kier molecular flexibility index (Phi) is 11.1. The van der Waals surface area contributed by atoms with E-state index in [0.717, 1.165) is 12.2 Å².